The van der Waals surface area contributed by atoms with Gasteiger partial charge in [-0.1, -0.05) is 48.0 Å². The number of carbonyl (C=O) groups excluding carboxylic acids is 1. The Bertz CT molecular complexity index is 773. The maximum absolute atomic E-state index is 12.8. The fraction of sp³-hybridized carbons (Fsp3) is 0.409. The predicted octanol–water partition coefficient (Wildman–Crippen LogP) is 5.04. The zero-order valence-electron chi connectivity index (χ0n) is 15.9. The van der Waals surface area contributed by atoms with E-state index in [9.17, 15) is 4.79 Å². The summed E-state index contributed by atoms with van der Waals surface area (Å²) in [6.45, 7) is 8.19. The van der Waals surface area contributed by atoms with Crippen molar-refractivity contribution in [2.45, 2.75) is 56.8 Å². The Kier molecular flexibility index (Phi) is 5.61. The third-order valence-corrected chi connectivity index (χ3v) is 5.87. The minimum Gasteiger partial charge on any atom is -0.487 e. The first-order valence-corrected chi connectivity index (χ1v) is 10.1. The molecule has 1 aliphatic rings. The third-order valence-electron chi connectivity index (χ3n) is 4.65. The molecule has 0 aromatic heterocycles. The van der Waals surface area contributed by atoms with Crippen molar-refractivity contribution >= 4 is 17.7 Å². The lowest BCUT2D eigenvalue weighted by atomic mass is 9.89. The summed E-state index contributed by atoms with van der Waals surface area (Å²) in [6, 6.07) is 16.4. The molecule has 4 heteroatoms. The van der Waals surface area contributed by atoms with E-state index in [-0.39, 0.29) is 22.8 Å². The van der Waals surface area contributed by atoms with Crippen LogP contribution in [0.1, 0.15) is 49.9 Å². The van der Waals surface area contributed by atoms with Crippen LogP contribution in [0.4, 0.5) is 0 Å². The Morgan fingerprint density at radius 3 is 2.73 bits per heavy atom. The van der Waals surface area contributed by atoms with Gasteiger partial charge in [0.1, 0.15) is 11.4 Å². The molecule has 1 amide bonds. The summed E-state index contributed by atoms with van der Waals surface area (Å²) >= 11 is 1.67. The summed E-state index contributed by atoms with van der Waals surface area (Å²) in [6.07, 6.45) is 0.769. The molecule has 0 unspecified atom stereocenters. The van der Waals surface area contributed by atoms with E-state index in [1.165, 1.54) is 11.1 Å². The number of ether oxygens (including phenoxy) is 1. The van der Waals surface area contributed by atoms with Gasteiger partial charge in [-0.05, 0) is 39.3 Å². The average Bonchev–Trinajstić information content (AvgIpc) is 2.60. The molecule has 2 aromatic carbocycles. The summed E-state index contributed by atoms with van der Waals surface area (Å²) < 4.78 is 6.10. The minimum absolute atomic E-state index is 0.0130. The summed E-state index contributed by atoms with van der Waals surface area (Å²) in [7, 11) is 0. The fourth-order valence-corrected chi connectivity index (χ4v) is 4.12. The number of aryl methyl sites for hydroxylation is 1. The molecule has 0 radical (unpaired) electrons. The average molecular weight is 370 g/mol. The Morgan fingerprint density at radius 1 is 1.27 bits per heavy atom. The van der Waals surface area contributed by atoms with Crippen LogP contribution in [0.2, 0.25) is 0 Å². The van der Waals surface area contributed by atoms with Crippen LogP contribution in [0, 0.1) is 6.92 Å². The van der Waals surface area contributed by atoms with Gasteiger partial charge in [0.25, 0.3) is 0 Å². The molecule has 3 rings (SSSR count). The highest BCUT2D eigenvalue weighted by molar-refractivity contribution is 7.99. The number of fused-ring (bicyclic) bond motifs is 1. The van der Waals surface area contributed by atoms with Gasteiger partial charge >= 0.3 is 0 Å². The molecule has 0 saturated carbocycles. The van der Waals surface area contributed by atoms with Gasteiger partial charge in [-0.3, -0.25) is 4.79 Å². The molecule has 0 bridgehead atoms. The number of carbonyl (C=O) groups is 1. The van der Waals surface area contributed by atoms with Crippen LogP contribution in [0.15, 0.2) is 48.5 Å². The molecule has 0 spiro atoms. The second-order valence-corrected chi connectivity index (χ2v) is 8.94. The van der Waals surface area contributed by atoms with Crippen LogP contribution in [0.5, 0.6) is 5.75 Å². The lowest BCUT2D eigenvalue weighted by molar-refractivity contribution is -0.121. The van der Waals surface area contributed by atoms with Gasteiger partial charge in [0.2, 0.25) is 5.91 Å². The molecular weight excluding hydrogens is 342 g/mol. The van der Waals surface area contributed by atoms with Crippen LogP contribution in [0.25, 0.3) is 0 Å². The van der Waals surface area contributed by atoms with Crippen LogP contribution < -0.4 is 10.1 Å². The zero-order valence-corrected chi connectivity index (χ0v) is 16.7. The smallest absolute Gasteiger partial charge is 0.233 e. The van der Waals surface area contributed by atoms with Crippen LogP contribution in [0.3, 0.4) is 0 Å². The lowest BCUT2D eigenvalue weighted by Crippen LogP contribution is -2.43. The highest BCUT2D eigenvalue weighted by Crippen LogP contribution is 2.40. The van der Waals surface area contributed by atoms with Gasteiger partial charge < -0.3 is 10.1 Å². The number of amides is 1. The van der Waals surface area contributed by atoms with Gasteiger partial charge in [0, 0.05) is 17.7 Å². The van der Waals surface area contributed by atoms with E-state index in [2.05, 4.69) is 50.4 Å². The zero-order chi connectivity index (χ0) is 18.7. The van der Waals surface area contributed by atoms with E-state index in [0.717, 1.165) is 23.5 Å². The van der Waals surface area contributed by atoms with E-state index in [4.69, 9.17) is 4.74 Å². The van der Waals surface area contributed by atoms with Gasteiger partial charge in [0.05, 0.1) is 11.3 Å². The normalized spacial score (nSPS) is 19.2. The van der Waals surface area contributed by atoms with E-state index in [1.54, 1.807) is 11.8 Å². The maximum atomic E-state index is 12.8. The highest BCUT2D eigenvalue weighted by Gasteiger charge is 2.35. The fourth-order valence-electron chi connectivity index (χ4n) is 3.26. The first-order chi connectivity index (χ1) is 12.3. The van der Waals surface area contributed by atoms with Crippen molar-refractivity contribution in [1.82, 2.24) is 5.32 Å². The highest BCUT2D eigenvalue weighted by atomic mass is 32.2. The lowest BCUT2D eigenvalue weighted by Gasteiger charge is -2.38. The van der Waals surface area contributed by atoms with Crippen LogP contribution >= 0.6 is 11.8 Å². The summed E-state index contributed by atoms with van der Waals surface area (Å²) in [4.78, 5) is 12.8. The Hall–Kier alpha value is -1.94. The molecule has 2 aromatic rings. The minimum atomic E-state index is -0.291. The molecule has 26 heavy (non-hydrogen) atoms. The maximum Gasteiger partial charge on any atom is 0.233 e. The quantitative estimate of drug-likeness (QED) is 0.803. The molecule has 138 valence electrons. The van der Waals surface area contributed by atoms with Crippen molar-refractivity contribution in [3.63, 3.8) is 0 Å². The summed E-state index contributed by atoms with van der Waals surface area (Å²) in [5.41, 5.74) is 3.21. The molecule has 1 aliphatic heterocycles. The number of benzene rings is 2. The molecule has 1 N–H and O–H groups in total. The van der Waals surface area contributed by atoms with Crippen molar-refractivity contribution in [1.29, 1.82) is 0 Å². The number of hydrogen-bond donors (Lipinski definition) is 1. The van der Waals surface area contributed by atoms with Crippen LogP contribution in [-0.2, 0) is 10.5 Å². The molecule has 3 nitrogen and oxygen atoms in total. The van der Waals surface area contributed by atoms with E-state index < -0.39 is 0 Å². The Labute approximate surface area is 160 Å². The largest absolute Gasteiger partial charge is 0.487 e. The summed E-state index contributed by atoms with van der Waals surface area (Å²) in [5, 5.41) is 3.15. The number of hydrogen-bond acceptors (Lipinski definition) is 3. The Morgan fingerprint density at radius 2 is 2.00 bits per heavy atom. The van der Waals surface area contributed by atoms with Crippen molar-refractivity contribution in [2.75, 3.05) is 0 Å². The number of nitrogens with one attached hydrogen (secondary N) is 1. The SMILES string of the molecule is Cc1ccc2c(c1)[C@@H](NC(=O)[C@@H](C)SCc1ccccc1)CC(C)(C)O2. The van der Waals surface area contributed by atoms with Gasteiger partial charge in [-0.25, -0.2) is 0 Å². The first-order valence-electron chi connectivity index (χ1n) is 9.09. The van der Waals surface area contributed by atoms with Gasteiger partial charge in [-0.2, -0.15) is 0 Å². The van der Waals surface area contributed by atoms with E-state index in [1.807, 2.05) is 31.2 Å². The van der Waals surface area contributed by atoms with Gasteiger partial charge in [-0.15, -0.1) is 11.8 Å². The molecular formula is C22H27NO2S. The molecule has 0 fully saturated rings. The molecule has 1 heterocycles. The van der Waals surface area contributed by atoms with Crippen LogP contribution in [-0.4, -0.2) is 16.8 Å². The monoisotopic (exact) mass is 369 g/mol. The van der Waals surface area contributed by atoms with E-state index in [0.29, 0.717) is 0 Å². The van der Waals surface area contributed by atoms with Gasteiger partial charge in [0.15, 0.2) is 0 Å². The second-order valence-electron chi connectivity index (χ2n) is 7.61. The van der Waals surface area contributed by atoms with Crippen molar-refractivity contribution < 1.29 is 9.53 Å². The summed E-state index contributed by atoms with van der Waals surface area (Å²) in [5.74, 6) is 1.80. The predicted molar refractivity (Wildman–Crippen MR) is 109 cm³/mol. The molecule has 0 saturated heterocycles. The third kappa shape index (κ3) is 4.61. The van der Waals surface area contributed by atoms with E-state index >= 15 is 0 Å². The molecule has 2 atom stereocenters. The molecule has 0 aliphatic carbocycles. The number of rotatable bonds is 5. The van der Waals surface area contributed by atoms with Crippen molar-refractivity contribution in [2.24, 2.45) is 0 Å². The van der Waals surface area contributed by atoms with Crippen molar-refractivity contribution in [3.8, 4) is 5.75 Å². The first kappa shape index (κ1) is 18.8. The van der Waals surface area contributed by atoms with Crippen molar-refractivity contribution in [3.05, 3.63) is 65.2 Å². The number of thioether (sulfide) groups is 1. The standard InChI is InChI=1S/C22H27NO2S/c1-15-10-11-20-18(12-15)19(13-22(3,4)25-20)23-21(24)16(2)26-14-17-8-6-5-7-9-17/h5-12,16,19H,13-14H2,1-4H3,(H,23,24)/t16-,19+/m1/s1. The Balaban J connectivity index is 1.67. The second kappa shape index (κ2) is 7.75. The topological polar surface area (TPSA) is 38.3 Å².